The molecule has 0 bridgehead atoms. The minimum atomic E-state index is -1.23. The molecule has 1 N–H and O–H groups in total. The van der Waals surface area contributed by atoms with E-state index in [4.69, 9.17) is 4.74 Å². The molecule has 0 radical (unpaired) electrons. The van der Waals surface area contributed by atoms with Gasteiger partial charge in [-0.3, -0.25) is 4.79 Å². The number of hydrogen-bond donors (Lipinski definition) is 1. The normalized spacial score (nSPS) is 16.7. The second kappa shape index (κ2) is 3.92. The quantitative estimate of drug-likeness (QED) is 0.718. The zero-order valence-electron chi connectivity index (χ0n) is 8.17. The van der Waals surface area contributed by atoms with Crippen LogP contribution >= 0.6 is 0 Å². The Morgan fingerprint density at radius 1 is 1.62 bits per heavy atom. The van der Waals surface area contributed by atoms with Gasteiger partial charge in [-0.1, -0.05) is 13.8 Å². The van der Waals surface area contributed by atoms with Crippen LogP contribution in [0.4, 0.5) is 0 Å². The fourth-order valence-corrected chi connectivity index (χ4v) is 1.38. The zero-order valence-corrected chi connectivity index (χ0v) is 8.17. The summed E-state index contributed by atoms with van der Waals surface area (Å²) in [6.07, 6.45) is 3.38. The van der Waals surface area contributed by atoms with E-state index in [0.29, 0.717) is 25.2 Å². The Morgan fingerprint density at radius 2 is 2.23 bits per heavy atom. The Morgan fingerprint density at radius 3 is 2.62 bits per heavy atom. The number of ketones is 1. The monoisotopic (exact) mass is 184 g/mol. The van der Waals surface area contributed by atoms with Crippen molar-refractivity contribution in [2.75, 3.05) is 6.61 Å². The molecule has 0 unspecified atom stereocenters. The molecule has 0 aromatic rings. The smallest absolute Gasteiger partial charge is 0.228 e. The molecular weight excluding hydrogens is 168 g/mol. The van der Waals surface area contributed by atoms with Gasteiger partial charge in [-0.25, -0.2) is 0 Å². The van der Waals surface area contributed by atoms with Crippen molar-refractivity contribution >= 4 is 5.78 Å². The Kier molecular flexibility index (Phi) is 3.09. The summed E-state index contributed by atoms with van der Waals surface area (Å²) in [7, 11) is 0. The Bertz CT molecular complexity index is 226. The van der Waals surface area contributed by atoms with E-state index in [1.54, 1.807) is 19.9 Å². The topological polar surface area (TPSA) is 46.5 Å². The second-order valence-corrected chi connectivity index (χ2v) is 3.27. The second-order valence-electron chi connectivity index (χ2n) is 3.27. The van der Waals surface area contributed by atoms with E-state index in [1.165, 1.54) is 0 Å². The highest BCUT2D eigenvalue weighted by molar-refractivity contribution is 6.00. The predicted octanol–water partition coefficient (Wildman–Crippen LogP) is 1.41. The summed E-state index contributed by atoms with van der Waals surface area (Å²) in [5.41, 5.74) is -1.23. The SMILES string of the molecule is CCC(O)(CC)C(=O)C1=CCCO1. The zero-order chi connectivity index (χ0) is 9.90. The van der Waals surface area contributed by atoms with E-state index in [1.807, 2.05) is 0 Å². The van der Waals surface area contributed by atoms with Gasteiger partial charge >= 0.3 is 0 Å². The van der Waals surface area contributed by atoms with Crippen molar-refractivity contribution in [1.82, 2.24) is 0 Å². The van der Waals surface area contributed by atoms with Crippen LogP contribution < -0.4 is 0 Å². The van der Waals surface area contributed by atoms with Crippen LogP contribution in [0, 0.1) is 0 Å². The molecule has 1 heterocycles. The van der Waals surface area contributed by atoms with Crippen LogP contribution in [0.2, 0.25) is 0 Å². The summed E-state index contributed by atoms with van der Waals surface area (Å²) in [5, 5.41) is 9.89. The van der Waals surface area contributed by atoms with Crippen LogP contribution in [0.3, 0.4) is 0 Å². The van der Waals surface area contributed by atoms with Gasteiger partial charge in [0.25, 0.3) is 0 Å². The van der Waals surface area contributed by atoms with E-state index in [2.05, 4.69) is 0 Å². The average molecular weight is 184 g/mol. The molecule has 0 saturated heterocycles. The maximum absolute atomic E-state index is 11.7. The molecule has 0 spiro atoms. The van der Waals surface area contributed by atoms with Crippen molar-refractivity contribution in [1.29, 1.82) is 0 Å². The highest BCUT2D eigenvalue weighted by atomic mass is 16.5. The summed E-state index contributed by atoms with van der Waals surface area (Å²) in [6.45, 7) is 4.17. The molecule has 0 amide bonds. The number of Topliss-reactive ketones (excluding diaryl/α,β-unsaturated/α-hetero) is 1. The third kappa shape index (κ3) is 1.91. The number of carbonyl (C=O) groups is 1. The van der Waals surface area contributed by atoms with E-state index in [9.17, 15) is 9.90 Å². The summed E-state index contributed by atoms with van der Waals surface area (Å²) in [6, 6.07) is 0. The Hall–Kier alpha value is -0.830. The molecule has 0 aliphatic carbocycles. The van der Waals surface area contributed by atoms with Crippen LogP contribution in [0.1, 0.15) is 33.1 Å². The van der Waals surface area contributed by atoms with Crippen LogP contribution in [-0.4, -0.2) is 23.1 Å². The average Bonchev–Trinajstić information content (AvgIpc) is 2.68. The lowest BCUT2D eigenvalue weighted by Gasteiger charge is -2.23. The van der Waals surface area contributed by atoms with Crippen LogP contribution in [0.5, 0.6) is 0 Å². The highest BCUT2D eigenvalue weighted by Gasteiger charge is 2.35. The first kappa shape index (κ1) is 10.3. The van der Waals surface area contributed by atoms with Gasteiger partial charge < -0.3 is 9.84 Å². The van der Waals surface area contributed by atoms with Crippen LogP contribution in [0.25, 0.3) is 0 Å². The van der Waals surface area contributed by atoms with Crippen molar-refractivity contribution in [2.24, 2.45) is 0 Å². The van der Waals surface area contributed by atoms with E-state index < -0.39 is 5.60 Å². The van der Waals surface area contributed by atoms with Crippen molar-refractivity contribution < 1.29 is 14.6 Å². The van der Waals surface area contributed by atoms with Gasteiger partial charge in [-0.05, 0) is 18.9 Å². The molecule has 0 aromatic heterocycles. The fourth-order valence-electron chi connectivity index (χ4n) is 1.38. The molecule has 13 heavy (non-hydrogen) atoms. The molecular formula is C10H16O3. The van der Waals surface area contributed by atoms with Crippen molar-refractivity contribution in [3.8, 4) is 0 Å². The number of aliphatic hydroxyl groups is 1. The van der Waals surface area contributed by atoms with Gasteiger partial charge in [-0.2, -0.15) is 0 Å². The summed E-state index contributed by atoms with van der Waals surface area (Å²) in [4.78, 5) is 11.7. The Labute approximate surface area is 78.4 Å². The van der Waals surface area contributed by atoms with Crippen molar-refractivity contribution in [3.63, 3.8) is 0 Å². The number of carbonyl (C=O) groups excluding carboxylic acids is 1. The molecule has 3 nitrogen and oxygen atoms in total. The summed E-state index contributed by atoms with van der Waals surface area (Å²) >= 11 is 0. The molecule has 0 saturated carbocycles. The molecule has 0 fully saturated rings. The lowest BCUT2D eigenvalue weighted by molar-refractivity contribution is -0.137. The fraction of sp³-hybridized carbons (Fsp3) is 0.700. The van der Waals surface area contributed by atoms with E-state index in [0.717, 1.165) is 6.42 Å². The Balaban J connectivity index is 2.75. The minimum absolute atomic E-state index is 0.269. The molecule has 1 rings (SSSR count). The molecule has 0 aromatic carbocycles. The number of rotatable bonds is 4. The third-order valence-electron chi connectivity index (χ3n) is 2.52. The van der Waals surface area contributed by atoms with Gasteiger partial charge in [0, 0.05) is 6.42 Å². The van der Waals surface area contributed by atoms with Gasteiger partial charge in [0.2, 0.25) is 5.78 Å². The largest absolute Gasteiger partial charge is 0.490 e. The highest BCUT2D eigenvalue weighted by Crippen LogP contribution is 2.23. The van der Waals surface area contributed by atoms with Gasteiger partial charge in [0.1, 0.15) is 5.60 Å². The van der Waals surface area contributed by atoms with Crippen LogP contribution in [-0.2, 0) is 9.53 Å². The standard InChI is InChI=1S/C10H16O3/c1-3-10(12,4-2)9(11)8-6-5-7-13-8/h6,12H,3-5,7H2,1-2H3. The third-order valence-corrected chi connectivity index (χ3v) is 2.52. The minimum Gasteiger partial charge on any atom is -0.490 e. The van der Waals surface area contributed by atoms with E-state index in [-0.39, 0.29) is 5.78 Å². The molecule has 0 atom stereocenters. The summed E-state index contributed by atoms with van der Waals surface area (Å²) < 4.78 is 5.12. The lowest BCUT2D eigenvalue weighted by atomic mass is 9.91. The molecule has 1 aliphatic rings. The molecule has 3 heteroatoms. The maximum atomic E-state index is 11.7. The van der Waals surface area contributed by atoms with Crippen molar-refractivity contribution in [2.45, 2.75) is 38.7 Å². The molecule has 1 aliphatic heterocycles. The van der Waals surface area contributed by atoms with Gasteiger partial charge in [0.15, 0.2) is 5.76 Å². The first-order valence-electron chi connectivity index (χ1n) is 4.74. The predicted molar refractivity (Wildman–Crippen MR) is 49.2 cm³/mol. The summed E-state index contributed by atoms with van der Waals surface area (Å²) in [5.74, 6) is 0.0706. The lowest BCUT2D eigenvalue weighted by Crippen LogP contribution is -2.38. The van der Waals surface area contributed by atoms with Crippen LogP contribution in [0.15, 0.2) is 11.8 Å². The van der Waals surface area contributed by atoms with Gasteiger partial charge in [-0.15, -0.1) is 0 Å². The number of ether oxygens (including phenoxy) is 1. The van der Waals surface area contributed by atoms with Gasteiger partial charge in [0.05, 0.1) is 6.61 Å². The van der Waals surface area contributed by atoms with E-state index >= 15 is 0 Å². The molecule has 74 valence electrons. The first-order valence-corrected chi connectivity index (χ1v) is 4.74. The number of hydrogen-bond acceptors (Lipinski definition) is 3. The first-order chi connectivity index (χ1) is 6.14. The van der Waals surface area contributed by atoms with Crippen molar-refractivity contribution in [3.05, 3.63) is 11.8 Å². The maximum Gasteiger partial charge on any atom is 0.228 e.